The molecule has 1 saturated heterocycles. The van der Waals surface area contributed by atoms with Crippen LogP contribution in [0, 0.1) is 0 Å². The summed E-state index contributed by atoms with van der Waals surface area (Å²) in [5, 5.41) is 0. The molecule has 178 valence electrons. The summed E-state index contributed by atoms with van der Waals surface area (Å²) in [5.74, 6) is 0.816. The van der Waals surface area contributed by atoms with Crippen molar-refractivity contribution in [3.63, 3.8) is 0 Å². The predicted octanol–water partition coefficient (Wildman–Crippen LogP) is 5.65. The van der Waals surface area contributed by atoms with Crippen molar-refractivity contribution in [2.45, 2.75) is 70.6 Å². The number of amides is 1. The molecule has 2 aromatic carbocycles. The van der Waals surface area contributed by atoms with Gasteiger partial charge in [0.05, 0.1) is 5.69 Å². The number of rotatable bonds is 8. The number of carbonyl (C=O) groups is 1. The second kappa shape index (κ2) is 10.6. The molecule has 0 saturated carbocycles. The predicted molar refractivity (Wildman–Crippen MR) is 136 cm³/mol. The molecule has 2 aliphatic rings. The normalized spacial score (nSPS) is 23.2. The van der Waals surface area contributed by atoms with E-state index < -0.39 is 6.10 Å². The Kier molecular flexibility index (Phi) is 7.59. The molecule has 0 spiro atoms. The van der Waals surface area contributed by atoms with Crippen LogP contribution in [0.5, 0.6) is 5.75 Å². The van der Waals surface area contributed by atoms with E-state index in [1.54, 1.807) is 0 Å². The average molecular weight is 450 g/mol. The molecule has 33 heavy (non-hydrogen) atoms. The molecule has 2 heterocycles. The van der Waals surface area contributed by atoms with Crippen LogP contribution in [0.1, 0.15) is 64.0 Å². The molecule has 0 aliphatic carbocycles. The summed E-state index contributed by atoms with van der Waals surface area (Å²) in [7, 11) is 4.02. The molecule has 2 aromatic rings. The second-order valence-corrected chi connectivity index (χ2v) is 9.87. The third-order valence-corrected chi connectivity index (χ3v) is 7.25. The number of para-hydroxylation sites is 2. The molecule has 0 radical (unpaired) electrons. The zero-order valence-electron chi connectivity index (χ0n) is 20.7. The minimum absolute atomic E-state index is 0.0304. The third-order valence-electron chi connectivity index (χ3n) is 7.25. The van der Waals surface area contributed by atoms with Crippen LogP contribution in [-0.4, -0.2) is 50.1 Å². The highest BCUT2D eigenvalue weighted by molar-refractivity contribution is 6.00. The summed E-state index contributed by atoms with van der Waals surface area (Å²) < 4.78 is 6.21. The maximum atomic E-state index is 13.5. The van der Waals surface area contributed by atoms with Gasteiger partial charge < -0.3 is 14.5 Å². The molecule has 5 nitrogen and oxygen atoms in total. The summed E-state index contributed by atoms with van der Waals surface area (Å²) in [6.45, 7) is 6.62. The molecule has 3 atom stereocenters. The Bertz CT molecular complexity index is 934. The summed E-state index contributed by atoms with van der Waals surface area (Å²) in [6, 6.07) is 17.4. The molecule has 2 aliphatic heterocycles. The standard InChI is InChI=1S/C28H39N3O2/c1-21-12-10-13-22(2)30(21)18-8-5-9-19-31-25-16-6-7-17-26(25)33-27(28(31)32)23-14-11-15-24(20-23)29(3)4/h6-7,11,14-17,20-22,27H,5,8-10,12-13,18-19H2,1-4H3/t21-,22+,27?. The second-order valence-electron chi connectivity index (χ2n) is 9.87. The van der Waals surface area contributed by atoms with E-state index in [0.717, 1.165) is 48.6 Å². The number of likely N-dealkylation sites (tertiary alicyclic amines) is 1. The number of hydrogen-bond donors (Lipinski definition) is 0. The lowest BCUT2D eigenvalue weighted by Gasteiger charge is -2.39. The fraction of sp³-hybridized carbons (Fsp3) is 0.536. The van der Waals surface area contributed by atoms with Crippen molar-refractivity contribution in [1.82, 2.24) is 4.90 Å². The molecule has 0 aromatic heterocycles. The Hall–Kier alpha value is -2.53. The van der Waals surface area contributed by atoms with E-state index >= 15 is 0 Å². The van der Waals surface area contributed by atoms with Gasteiger partial charge in [0, 0.05) is 44.0 Å². The smallest absolute Gasteiger partial charge is 0.272 e. The van der Waals surface area contributed by atoms with E-state index in [1.165, 1.54) is 25.7 Å². The molecule has 1 fully saturated rings. The Morgan fingerprint density at radius 3 is 2.42 bits per heavy atom. The lowest BCUT2D eigenvalue weighted by molar-refractivity contribution is -0.126. The van der Waals surface area contributed by atoms with Crippen LogP contribution in [-0.2, 0) is 4.79 Å². The Morgan fingerprint density at radius 1 is 0.939 bits per heavy atom. The van der Waals surface area contributed by atoms with E-state index in [2.05, 4.69) is 24.8 Å². The van der Waals surface area contributed by atoms with Crippen LogP contribution >= 0.6 is 0 Å². The van der Waals surface area contributed by atoms with E-state index in [-0.39, 0.29) is 5.91 Å². The van der Waals surface area contributed by atoms with Crippen molar-refractivity contribution in [2.24, 2.45) is 0 Å². The first-order valence-electron chi connectivity index (χ1n) is 12.6. The van der Waals surface area contributed by atoms with Crippen LogP contribution in [0.3, 0.4) is 0 Å². The van der Waals surface area contributed by atoms with Crippen LogP contribution in [0.25, 0.3) is 0 Å². The summed E-state index contributed by atoms with van der Waals surface area (Å²) >= 11 is 0. The van der Waals surface area contributed by atoms with Crippen molar-refractivity contribution in [3.05, 3.63) is 54.1 Å². The van der Waals surface area contributed by atoms with Crippen LogP contribution in [0.15, 0.2) is 48.5 Å². The SMILES string of the molecule is C[C@@H]1CCC[C@H](C)N1CCCCCN1C(=O)C(c2cccc(N(C)C)c2)Oc2ccccc21. The topological polar surface area (TPSA) is 36.0 Å². The minimum atomic E-state index is -0.602. The lowest BCUT2D eigenvalue weighted by atomic mass is 9.97. The molecule has 1 unspecified atom stereocenters. The highest BCUT2D eigenvalue weighted by Gasteiger charge is 2.35. The molecule has 4 rings (SSSR count). The molecular weight excluding hydrogens is 410 g/mol. The quantitative estimate of drug-likeness (QED) is 0.488. The molecular formula is C28H39N3O2. The number of anilines is 2. The van der Waals surface area contributed by atoms with Gasteiger partial charge in [-0.15, -0.1) is 0 Å². The van der Waals surface area contributed by atoms with Gasteiger partial charge in [-0.3, -0.25) is 9.69 Å². The highest BCUT2D eigenvalue weighted by atomic mass is 16.5. The molecule has 1 amide bonds. The first-order valence-corrected chi connectivity index (χ1v) is 12.6. The van der Waals surface area contributed by atoms with Crippen molar-refractivity contribution in [3.8, 4) is 5.75 Å². The molecule has 5 heteroatoms. The van der Waals surface area contributed by atoms with E-state index in [0.29, 0.717) is 12.1 Å². The van der Waals surface area contributed by atoms with Gasteiger partial charge in [-0.05, 0) is 70.3 Å². The number of nitrogens with zero attached hydrogens (tertiary/aromatic N) is 3. The Labute approximate surface area is 199 Å². The Balaban J connectivity index is 1.41. The summed E-state index contributed by atoms with van der Waals surface area (Å²) in [6.07, 6.45) is 6.71. The van der Waals surface area contributed by atoms with E-state index in [1.807, 2.05) is 66.4 Å². The highest BCUT2D eigenvalue weighted by Crippen LogP contribution is 2.39. The van der Waals surface area contributed by atoms with Crippen molar-refractivity contribution in [1.29, 1.82) is 0 Å². The van der Waals surface area contributed by atoms with E-state index in [4.69, 9.17) is 4.74 Å². The van der Waals surface area contributed by atoms with Gasteiger partial charge in [-0.1, -0.05) is 37.1 Å². The van der Waals surface area contributed by atoms with Gasteiger partial charge in [-0.2, -0.15) is 0 Å². The van der Waals surface area contributed by atoms with Gasteiger partial charge in [0.25, 0.3) is 5.91 Å². The maximum Gasteiger partial charge on any atom is 0.272 e. The number of hydrogen-bond acceptors (Lipinski definition) is 4. The lowest BCUT2D eigenvalue weighted by Crippen LogP contribution is -2.44. The van der Waals surface area contributed by atoms with Crippen LogP contribution < -0.4 is 14.5 Å². The van der Waals surface area contributed by atoms with Gasteiger partial charge in [-0.25, -0.2) is 0 Å². The third kappa shape index (κ3) is 5.35. The fourth-order valence-electron chi connectivity index (χ4n) is 5.28. The van der Waals surface area contributed by atoms with Gasteiger partial charge in [0.15, 0.2) is 0 Å². The number of unbranched alkanes of at least 4 members (excludes halogenated alkanes) is 2. The number of ether oxygens (including phenoxy) is 1. The van der Waals surface area contributed by atoms with E-state index in [9.17, 15) is 4.79 Å². The maximum absolute atomic E-state index is 13.5. The van der Waals surface area contributed by atoms with Crippen molar-refractivity contribution in [2.75, 3.05) is 37.0 Å². The van der Waals surface area contributed by atoms with Crippen LogP contribution in [0.4, 0.5) is 11.4 Å². The largest absolute Gasteiger partial charge is 0.474 e. The minimum Gasteiger partial charge on any atom is -0.474 e. The molecule has 0 bridgehead atoms. The zero-order chi connectivity index (χ0) is 23.4. The van der Waals surface area contributed by atoms with Crippen LogP contribution in [0.2, 0.25) is 0 Å². The van der Waals surface area contributed by atoms with Crippen molar-refractivity contribution >= 4 is 17.3 Å². The number of carbonyl (C=O) groups excluding carboxylic acids is 1. The first kappa shape index (κ1) is 23.6. The van der Waals surface area contributed by atoms with Crippen molar-refractivity contribution < 1.29 is 9.53 Å². The van der Waals surface area contributed by atoms with Gasteiger partial charge in [0.1, 0.15) is 5.75 Å². The summed E-state index contributed by atoms with van der Waals surface area (Å²) in [5.41, 5.74) is 2.86. The fourth-order valence-corrected chi connectivity index (χ4v) is 5.28. The number of piperidine rings is 1. The average Bonchev–Trinajstić information content (AvgIpc) is 2.81. The first-order chi connectivity index (χ1) is 16.0. The Morgan fingerprint density at radius 2 is 1.67 bits per heavy atom. The number of benzene rings is 2. The van der Waals surface area contributed by atoms with Gasteiger partial charge >= 0.3 is 0 Å². The summed E-state index contributed by atoms with van der Waals surface area (Å²) in [4.78, 5) is 20.2. The molecule has 0 N–H and O–H groups in total. The monoisotopic (exact) mass is 449 g/mol. The van der Waals surface area contributed by atoms with Gasteiger partial charge in [0.2, 0.25) is 6.10 Å². The zero-order valence-corrected chi connectivity index (χ0v) is 20.7. The number of fused-ring (bicyclic) bond motifs is 1.